The minimum atomic E-state index is -0.752. The van der Waals surface area contributed by atoms with Gasteiger partial charge in [0.15, 0.2) is 6.61 Å². The molecule has 0 spiro atoms. The molecule has 2 N–H and O–H groups in total. The molecule has 120 valence electrons. The molecule has 0 bridgehead atoms. The summed E-state index contributed by atoms with van der Waals surface area (Å²) >= 11 is 5.75. The van der Waals surface area contributed by atoms with Crippen LogP contribution in [0.2, 0.25) is 5.02 Å². The van der Waals surface area contributed by atoms with Gasteiger partial charge in [0.2, 0.25) is 0 Å². The number of imide groups is 1. The molecule has 0 radical (unpaired) electrons. The van der Waals surface area contributed by atoms with Crippen LogP contribution in [-0.2, 0) is 16.1 Å². The molecule has 0 fully saturated rings. The van der Waals surface area contributed by atoms with E-state index in [-0.39, 0.29) is 12.1 Å². The molecule has 0 atom stereocenters. The summed E-state index contributed by atoms with van der Waals surface area (Å²) < 4.78 is 9.81. The van der Waals surface area contributed by atoms with Crippen LogP contribution in [0.5, 0.6) is 0 Å². The number of urea groups is 1. The van der Waals surface area contributed by atoms with Gasteiger partial charge in [-0.3, -0.25) is 10.1 Å². The van der Waals surface area contributed by atoms with E-state index in [0.29, 0.717) is 10.8 Å². The second-order valence-corrected chi connectivity index (χ2v) is 4.83. The third-order valence-corrected chi connectivity index (χ3v) is 2.89. The molecular formula is C15H13ClN2O5. The lowest BCUT2D eigenvalue weighted by Crippen LogP contribution is -2.41. The van der Waals surface area contributed by atoms with E-state index in [1.807, 2.05) is 5.32 Å². The fourth-order valence-electron chi connectivity index (χ4n) is 1.62. The van der Waals surface area contributed by atoms with Crippen LogP contribution in [0, 0.1) is 0 Å². The number of carbonyl (C=O) groups is 3. The summed E-state index contributed by atoms with van der Waals surface area (Å²) in [5.74, 6) is -0.920. The van der Waals surface area contributed by atoms with Gasteiger partial charge in [-0.05, 0) is 30.3 Å². The van der Waals surface area contributed by atoms with Gasteiger partial charge in [-0.1, -0.05) is 17.7 Å². The van der Waals surface area contributed by atoms with Gasteiger partial charge in [-0.25, -0.2) is 9.59 Å². The highest BCUT2D eigenvalue weighted by atomic mass is 35.5. The van der Waals surface area contributed by atoms with E-state index in [2.05, 4.69) is 5.32 Å². The number of hydrogen-bond donors (Lipinski definition) is 2. The van der Waals surface area contributed by atoms with Crippen LogP contribution in [0.4, 0.5) is 4.79 Å². The molecule has 23 heavy (non-hydrogen) atoms. The molecule has 0 saturated heterocycles. The van der Waals surface area contributed by atoms with Crippen molar-refractivity contribution in [3.8, 4) is 0 Å². The Balaban J connectivity index is 1.72. The Morgan fingerprint density at radius 2 is 2.00 bits per heavy atom. The first-order chi connectivity index (χ1) is 11.0. The molecule has 1 heterocycles. The second kappa shape index (κ2) is 8.00. The molecule has 2 aromatic rings. The van der Waals surface area contributed by atoms with E-state index >= 15 is 0 Å². The van der Waals surface area contributed by atoms with Crippen LogP contribution in [-0.4, -0.2) is 24.5 Å². The molecule has 0 aliphatic rings. The highest BCUT2D eigenvalue weighted by Gasteiger charge is 2.12. The highest BCUT2D eigenvalue weighted by Crippen LogP contribution is 2.11. The van der Waals surface area contributed by atoms with Crippen molar-refractivity contribution in [3.05, 3.63) is 59.0 Å². The Morgan fingerprint density at radius 1 is 1.17 bits per heavy atom. The maximum Gasteiger partial charge on any atom is 0.338 e. The minimum absolute atomic E-state index is 0.133. The topological polar surface area (TPSA) is 97.6 Å². The van der Waals surface area contributed by atoms with Crippen LogP contribution in [0.3, 0.4) is 0 Å². The lowest BCUT2D eigenvalue weighted by atomic mass is 10.2. The average Bonchev–Trinajstić information content (AvgIpc) is 3.04. The van der Waals surface area contributed by atoms with Crippen molar-refractivity contribution in [2.24, 2.45) is 0 Å². The monoisotopic (exact) mass is 336 g/mol. The van der Waals surface area contributed by atoms with Gasteiger partial charge in [-0.2, -0.15) is 0 Å². The molecule has 8 heteroatoms. The number of rotatable bonds is 5. The van der Waals surface area contributed by atoms with Crippen molar-refractivity contribution in [1.29, 1.82) is 0 Å². The zero-order valence-electron chi connectivity index (χ0n) is 11.9. The van der Waals surface area contributed by atoms with Gasteiger partial charge in [0.05, 0.1) is 18.4 Å². The lowest BCUT2D eigenvalue weighted by Gasteiger charge is -2.07. The number of benzene rings is 1. The first-order valence-electron chi connectivity index (χ1n) is 6.57. The van der Waals surface area contributed by atoms with Gasteiger partial charge in [0.1, 0.15) is 5.76 Å². The van der Waals surface area contributed by atoms with Crippen molar-refractivity contribution in [2.45, 2.75) is 6.54 Å². The molecule has 2 rings (SSSR count). The fourth-order valence-corrected chi connectivity index (χ4v) is 1.81. The van der Waals surface area contributed by atoms with Crippen LogP contribution in [0.25, 0.3) is 0 Å². The number of hydrogen-bond acceptors (Lipinski definition) is 5. The summed E-state index contributed by atoms with van der Waals surface area (Å²) in [5, 5.41) is 4.82. The maximum atomic E-state index is 11.7. The van der Waals surface area contributed by atoms with Crippen molar-refractivity contribution >= 4 is 29.5 Å². The van der Waals surface area contributed by atoms with Crippen LogP contribution in [0.1, 0.15) is 16.1 Å². The molecule has 0 unspecified atom stereocenters. The van der Waals surface area contributed by atoms with Crippen molar-refractivity contribution in [1.82, 2.24) is 10.6 Å². The molecular weight excluding hydrogens is 324 g/mol. The summed E-state index contributed by atoms with van der Waals surface area (Å²) in [7, 11) is 0. The number of amides is 3. The van der Waals surface area contributed by atoms with Gasteiger partial charge in [0, 0.05) is 5.02 Å². The number of furan rings is 1. The third-order valence-electron chi connectivity index (χ3n) is 2.65. The van der Waals surface area contributed by atoms with E-state index in [1.54, 1.807) is 24.3 Å². The Bertz CT molecular complexity index is 700. The molecule has 1 aromatic carbocycles. The number of nitrogens with one attached hydrogen (secondary N) is 2. The molecule has 0 aliphatic heterocycles. The summed E-state index contributed by atoms with van der Waals surface area (Å²) in [6, 6.07) is 8.74. The summed E-state index contributed by atoms with van der Waals surface area (Å²) in [5.41, 5.74) is 0.215. The van der Waals surface area contributed by atoms with Crippen molar-refractivity contribution in [3.63, 3.8) is 0 Å². The Morgan fingerprint density at radius 3 is 2.70 bits per heavy atom. The first-order valence-corrected chi connectivity index (χ1v) is 6.95. The number of halogens is 1. The van der Waals surface area contributed by atoms with Crippen molar-refractivity contribution in [2.75, 3.05) is 6.61 Å². The van der Waals surface area contributed by atoms with Gasteiger partial charge in [-0.15, -0.1) is 0 Å². The molecule has 0 aliphatic carbocycles. The normalized spacial score (nSPS) is 9.96. The van der Waals surface area contributed by atoms with E-state index < -0.39 is 24.5 Å². The molecule has 1 aromatic heterocycles. The lowest BCUT2D eigenvalue weighted by molar-refractivity contribution is -0.123. The maximum absolute atomic E-state index is 11.7. The van der Waals surface area contributed by atoms with Crippen molar-refractivity contribution < 1.29 is 23.5 Å². The number of carbonyl (C=O) groups excluding carboxylic acids is 3. The average molecular weight is 337 g/mol. The SMILES string of the molecule is O=C(COC(=O)c1cccc(Cl)c1)NC(=O)NCc1ccco1. The predicted octanol–water partition coefficient (Wildman–Crippen LogP) is 2.12. The summed E-state index contributed by atoms with van der Waals surface area (Å²) in [6.45, 7) is -0.450. The van der Waals surface area contributed by atoms with Gasteiger partial charge < -0.3 is 14.5 Å². The molecule has 3 amide bonds. The van der Waals surface area contributed by atoms with Gasteiger partial charge in [0.25, 0.3) is 5.91 Å². The second-order valence-electron chi connectivity index (χ2n) is 4.40. The minimum Gasteiger partial charge on any atom is -0.467 e. The van der Waals surface area contributed by atoms with Crippen LogP contribution < -0.4 is 10.6 Å². The van der Waals surface area contributed by atoms with Crippen LogP contribution >= 0.6 is 11.6 Å². The number of esters is 1. The van der Waals surface area contributed by atoms with E-state index in [4.69, 9.17) is 20.8 Å². The zero-order chi connectivity index (χ0) is 16.7. The predicted molar refractivity (Wildman–Crippen MR) is 80.8 cm³/mol. The quantitative estimate of drug-likeness (QED) is 0.815. The van der Waals surface area contributed by atoms with E-state index in [9.17, 15) is 14.4 Å². The molecule has 0 saturated carbocycles. The zero-order valence-corrected chi connectivity index (χ0v) is 12.6. The summed E-state index contributed by atoms with van der Waals surface area (Å²) in [4.78, 5) is 34.7. The largest absolute Gasteiger partial charge is 0.467 e. The third kappa shape index (κ3) is 5.48. The van der Waals surface area contributed by atoms with E-state index in [0.717, 1.165) is 0 Å². The Kier molecular flexibility index (Phi) is 5.76. The smallest absolute Gasteiger partial charge is 0.338 e. The molecule has 7 nitrogen and oxygen atoms in total. The Labute approximate surface area is 136 Å². The van der Waals surface area contributed by atoms with Gasteiger partial charge >= 0.3 is 12.0 Å². The first kappa shape index (κ1) is 16.6. The number of ether oxygens (including phenoxy) is 1. The van der Waals surface area contributed by atoms with Crippen LogP contribution in [0.15, 0.2) is 47.1 Å². The standard InChI is InChI=1S/C15H13ClN2O5/c16-11-4-1-3-10(7-11)14(20)23-9-13(19)18-15(21)17-8-12-5-2-6-22-12/h1-7H,8-9H2,(H2,17,18,19,21). The Hall–Kier alpha value is -2.80. The summed E-state index contributed by atoms with van der Waals surface area (Å²) in [6.07, 6.45) is 1.47. The van der Waals surface area contributed by atoms with E-state index in [1.165, 1.54) is 18.4 Å². The fraction of sp³-hybridized carbons (Fsp3) is 0.133. The highest BCUT2D eigenvalue weighted by molar-refractivity contribution is 6.30.